The molecule has 3 saturated heterocycles. The molecule has 0 unspecified atom stereocenters. The van der Waals surface area contributed by atoms with Gasteiger partial charge in [0, 0.05) is 25.7 Å². The number of aryl methyl sites for hydroxylation is 2. The van der Waals surface area contributed by atoms with E-state index in [0.29, 0.717) is 36.1 Å². The van der Waals surface area contributed by atoms with Crippen LogP contribution < -0.4 is 4.90 Å². The van der Waals surface area contributed by atoms with Crippen molar-refractivity contribution < 1.29 is 33.8 Å². The molecular weight excluding hydrogens is 682 g/mol. The molecule has 0 aliphatic carbocycles. The summed E-state index contributed by atoms with van der Waals surface area (Å²) in [6.07, 6.45) is 3.41. The number of nitrogens with zero attached hydrogens (tertiary/aromatic N) is 3. The lowest BCUT2D eigenvalue weighted by Gasteiger charge is -2.40. The molecular formula is C44H51N3O7. The van der Waals surface area contributed by atoms with E-state index in [4.69, 9.17) is 9.47 Å². The van der Waals surface area contributed by atoms with E-state index in [1.54, 1.807) is 29.0 Å². The summed E-state index contributed by atoms with van der Waals surface area (Å²) in [6.45, 7) is 13.1. The summed E-state index contributed by atoms with van der Waals surface area (Å²) in [5.41, 5.74) is 2.47. The molecule has 10 nitrogen and oxygen atoms in total. The van der Waals surface area contributed by atoms with Gasteiger partial charge >= 0.3 is 5.97 Å². The minimum atomic E-state index is -1.36. The van der Waals surface area contributed by atoms with Gasteiger partial charge in [0.15, 0.2) is 0 Å². The first-order valence-electron chi connectivity index (χ1n) is 18.8. The molecule has 0 saturated carbocycles. The average molecular weight is 734 g/mol. The van der Waals surface area contributed by atoms with E-state index < -0.39 is 66.3 Å². The van der Waals surface area contributed by atoms with Crippen molar-refractivity contribution in [1.29, 1.82) is 0 Å². The summed E-state index contributed by atoms with van der Waals surface area (Å²) >= 11 is 0. The number of carbonyl (C=O) groups is 4. The zero-order chi connectivity index (χ0) is 38.7. The van der Waals surface area contributed by atoms with Gasteiger partial charge in [0.25, 0.3) is 5.91 Å². The number of anilines is 1. The van der Waals surface area contributed by atoms with Crippen LogP contribution in [0.3, 0.4) is 0 Å². The van der Waals surface area contributed by atoms with Crippen LogP contribution in [0.5, 0.6) is 0 Å². The monoisotopic (exact) mass is 733 g/mol. The Labute approximate surface area is 318 Å². The highest BCUT2D eigenvalue weighted by atomic mass is 16.6. The van der Waals surface area contributed by atoms with Crippen molar-refractivity contribution in [3.63, 3.8) is 0 Å². The number of amides is 3. The molecule has 1 spiro atoms. The number of para-hydroxylation sites is 1. The summed E-state index contributed by atoms with van der Waals surface area (Å²) in [5.74, 6) is -3.62. The van der Waals surface area contributed by atoms with Crippen molar-refractivity contribution in [3.8, 4) is 0 Å². The molecule has 3 heterocycles. The number of likely N-dealkylation sites (tertiary alicyclic amines) is 1. The zero-order valence-corrected chi connectivity index (χ0v) is 31.6. The average Bonchev–Trinajstić information content (AvgIpc) is 3.83. The number of benzene rings is 3. The number of allylic oxidation sites excluding steroid dienone is 1. The quantitative estimate of drug-likeness (QED) is 0.150. The highest BCUT2D eigenvalue weighted by molar-refractivity contribution is 6.05. The second-order valence-corrected chi connectivity index (χ2v) is 14.7. The van der Waals surface area contributed by atoms with Gasteiger partial charge in [0.1, 0.15) is 17.7 Å². The molecule has 0 aromatic heterocycles. The third-order valence-corrected chi connectivity index (χ3v) is 11.6. The lowest BCUT2D eigenvalue weighted by molar-refractivity contribution is -0.165. The van der Waals surface area contributed by atoms with Crippen molar-refractivity contribution in [2.75, 3.05) is 25.1 Å². The first-order valence-corrected chi connectivity index (χ1v) is 18.8. The van der Waals surface area contributed by atoms with Crippen LogP contribution in [0.25, 0.3) is 0 Å². The number of aliphatic hydroxyl groups is 1. The van der Waals surface area contributed by atoms with Crippen molar-refractivity contribution in [2.24, 2.45) is 11.8 Å². The Bertz CT molecular complexity index is 1860. The maximum Gasteiger partial charge on any atom is 0.313 e. The molecule has 3 aromatic carbocycles. The molecule has 2 bridgehead atoms. The molecule has 8 atom stereocenters. The molecule has 284 valence electrons. The largest absolute Gasteiger partial charge is 0.455 e. The molecule has 1 N–H and O–H groups in total. The van der Waals surface area contributed by atoms with Gasteiger partial charge in [-0.3, -0.25) is 19.2 Å². The van der Waals surface area contributed by atoms with Gasteiger partial charge < -0.3 is 29.3 Å². The van der Waals surface area contributed by atoms with Crippen molar-refractivity contribution in [1.82, 2.24) is 9.80 Å². The molecule has 3 amide bonds. The predicted octanol–water partition coefficient (Wildman–Crippen LogP) is 6.03. The van der Waals surface area contributed by atoms with Crippen LogP contribution in [0.15, 0.2) is 104 Å². The van der Waals surface area contributed by atoms with E-state index in [-0.39, 0.29) is 24.8 Å². The normalized spacial score (nSPS) is 24.3. The summed E-state index contributed by atoms with van der Waals surface area (Å²) in [6, 6.07) is 21.6. The number of hydrogen-bond donors (Lipinski definition) is 1. The van der Waals surface area contributed by atoms with E-state index in [1.807, 2.05) is 99.6 Å². The molecule has 54 heavy (non-hydrogen) atoms. The van der Waals surface area contributed by atoms with Crippen LogP contribution in [0.4, 0.5) is 5.69 Å². The molecule has 10 heteroatoms. The number of carbonyl (C=O) groups excluding carboxylic acids is 4. The number of fused-ring (bicyclic) bond motifs is 1. The second-order valence-electron chi connectivity index (χ2n) is 14.7. The molecule has 3 aliphatic rings. The van der Waals surface area contributed by atoms with Crippen molar-refractivity contribution >= 4 is 29.4 Å². The first-order chi connectivity index (χ1) is 26.0. The van der Waals surface area contributed by atoms with E-state index in [0.717, 1.165) is 11.1 Å². The fourth-order valence-corrected chi connectivity index (χ4v) is 8.93. The minimum absolute atomic E-state index is 0.117. The van der Waals surface area contributed by atoms with Crippen molar-refractivity contribution in [3.05, 3.63) is 126 Å². The molecule has 3 aromatic rings. The summed E-state index contributed by atoms with van der Waals surface area (Å²) in [5, 5.41) is 11.0. The fraction of sp³-hybridized carbons (Fsp3) is 0.409. The Morgan fingerprint density at radius 1 is 0.981 bits per heavy atom. The molecule has 6 rings (SSSR count). The van der Waals surface area contributed by atoms with E-state index in [1.165, 1.54) is 4.90 Å². The van der Waals surface area contributed by atoms with Gasteiger partial charge in [0.05, 0.1) is 36.6 Å². The Balaban J connectivity index is 1.42. The highest BCUT2D eigenvalue weighted by Gasteiger charge is 2.76. The molecule has 3 aliphatic heterocycles. The SMILES string of the molecule is C=CCCC(=O)N(C)[C@H](C)[C@H](OC(=O)[C@@H]1[C@H]2C(=O)N([C@H](CO)c3ccccc3)[C@H](C(=O)N(CC=C)c3c(C)cccc3C)[C@]23CC[C@H]1O3)c1ccccc1. The Morgan fingerprint density at radius 3 is 2.20 bits per heavy atom. The zero-order valence-electron chi connectivity index (χ0n) is 31.6. The maximum atomic E-state index is 15.3. The first kappa shape index (κ1) is 38.7. The van der Waals surface area contributed by atoms with Crippen molar-refractivity contribution in [2.45, 2.75) is 82.4 Å². The van der Waals surface area contributed by atoms with Gasteiger partial charge in [-0.2, -0.15) is 0 Å². The lowest BCUT2D eigenvalue weighted by atomic mass is 9.70. The summed E-state index contributed by atoms with van der Waals surface area (Å²) in [4.78, 5) is 62.8. The number of aliphatic hydroxyl groups excluding tert-OH is 1. The highest BCUT2D eigenvalue weighted by Crippen LogP contribution is 2.60. The van der Waals surface area contributed by atoms with Crippen LogP contribution in [0, 0.1) is 25.7 Å². The Kier molecular flexibility index (Phi) is 11.5. The van der Waals surface area contributed by atoms with E-state index in [9.17, 15) is 14.7 Å². The fourth-order valence-electron chi connectivity index (χ4n) is 8.93. The predicted molar refractivity (Wildman–Crippen MR) is 206 cm³/mol. The number of likely N-dealkylation sites (N-methyl/N-ethyl adjacent to an activating group) is 1. The van der Waals surface area contributed by atoms with Crippen LogP contribution in [0.2, 0.25) is 0 Å². The summed E-state index contributed by atoms with van der Waals surface area (Å²) in [7, 11) is 1.69. The smallest absolute Gasteiger partial charge is 0.313 e. The summed E-state index contributed by atoms with van der Waals surface area (Å²) < 4.78 is 13.2. The molecule has 0 radical (unpaired) electrons. The van der Waals surface area contributed by atoms with E-state index in [2.05, 4.69) is 13.2 Å². The third-order valence-electron chi connectivity index (χ3n) is 11.6. The molecule has 3 fully saturated rings. The van der Waals surface area contributed by atoms with Gasteiger partial charge in [-0.05, 0) is 62.3 Å². The van der Waals surface area contributed by atoms with Crippen LogP contribution >= 0.6 is 0 Å². The van der Waals surface area contributed by atoms with E-state index >= 15 is 9.59 Å². The van der Waals surface area contributed by atoms with Gasteiger partial charge in [-0.1, -0.05) is 91.0 Å². The van der Waals surface area contributed by atoms with Gasteiger partial charge in [-0.25, -0.2) is 0 Å². The number of esters is 1. The minimum Gasteiger partial charge on any atom is -0.455 e. The Morgan fingerprint density at radius 2 is 1.61 bits per heavy atom. The van der Waals surface area contributed by atoms with Crippen LogP contribution in [-0.2, 0) is 28.7 Å². The van der Waals surface area contributed by atoms with Gasteiger partial charge in [-0.15, -0.1) is 13.2 Å². The lowest BCUT2D eigenvalue weighted by Crippen LogP contribution is -2.57. The number of ether oxygens (including phenoxy) is 2. The standard InChI is InChI=1S/C44H51N3O7/c1-7-9-23-35(49)45(6)30(5)39(32-21-14-11-15-22-32)53-43(52)36-34-24-25-44(54-34)37(36)41(50)47(33(27-48)31-19-12-10-13-20-31)40(44)42(51)46(26-8-2)38-28(3)17-16-18-29(38)4/h7-8,10-22,30,33-34,36-37,39-40,48H,1-2,9,23-27H2,3-6H3/t30-,33-,34-,36+,37+,39+,40-,44+/m1/s1. The van der Waals surface area contributed by atoms with Crippen LogP contribution in [0.1, 0.15) is 67.0 Å². The Hall–Kier alpha value is -5.06. The van der Waals surface area contributed by atoms with Crippen LogP contribution in [-0.4, -0.2) is 82.6 Å². The second kappa shape index (κ2) is 16.1. The van der Waals surface area contributed by atoms with Gasteiger partial charge in [0.2, 0.25) is 11.8 Å². The number of hydrogen-bond acceptors (Lipinski definition) is 7. The third kappa shape index (κ3) is 6.77. The maximum absolute atomic E-state index is 15.3. The number of rotatable bonds is 15. The topological polar surface area (TPSA) is 117 Å².